The maximum absolute atomic E-state index is 13.8. The van der Waals surface area contributed by atoms with Crippen LogP contribution in [0.15, 0.2) is 30.3 Å². The highest BCUT2D eigenvalue weighted by Crippen LogP contribution is 2.27. The fourth-order valence-electron chi connectivity index (χ4n) is 5.67. The number of amides is 5. The van der Waals surface area contributed by atoms with Crippen molar-refractivity contribution < 1.29 is 33.4 Å². The zero-order chi connectivity index (χ0) is 32.3. The fourth-order valence-corrected chi connectivity index (χ4v) is 5.67. The Kier molecular flexibility index (Phi) is 13.0. The largest absolute Gasteiger partial charge is 0.445 e. The second kappa shape index (κ2) is 16.4. The van der Waals surface area contributed by atoms with Gasteiger partial charge in [-0.05, 0) is 52.0 Å². The van der Waals surface area contributed by atoms with E-state index in [0.717, 1.165) is 42.7 Å². The summed E-state index contributed by atoms with van der Waals surface area (Å²) in [5.41, 5.74) is 2.82. The SMILES string of the molecule is CC(=O)N(C[C@@H]1CCNC1=O)NC(=O)[C@H](CC1CCCCC1)NC(=O)[C@@H](NC(=O)OCc1ccccc1)[C@@H](C)OC(C)(C)C. The van der Waals surface area contributed by atoms with Gasteiger partial charge in [-0.1, -0.05) is 62.4 Å². The Balaban J connectivity index is 1.76. The van der Waals surface area contributed by atoms with E-state index in [1.54, 1.807) is 6.92 Å². The number of benzene rings is 1. The summed E-state index contributed by atoms with van der Waals surface area (Å²) in [5, 5.41) is 9.35. The molecule has 0 bridgehead atoms. The van der Waals surface area contributed by atoms with Crippen molar-refractivity contribution in [3.63, 3.8) is 0 Å². The lowest BCUT2D eigenvalue weighted by Crippen LogP contribution is -2.60. The highest BCUT2D eigenvalue weighted by Gasteiger charge is 2.36. The van der Waals surface area contributed by atoms with Gasteiger partial charge < -0.3 is 25.4 Å². The summed E-state index contributed by atoms with van der Waals surface area (Å²) in [6, 6.07) is 7.00. The molecule has 1 aromatic rings. The number of carbonyl (C=O) groups is 5. The van der Waals surface area contributed by atoms with E-state index in [-0.39, 0.29) is 25.0 Å². The van der Waals surface area contributed by atoms with Crippen LogP contribution in [0.1, 0.15) is 85.1 Å². The first-order valence-corrected chi connectivity index (χ1v) is 15.6. The summed E-state index contributed by atoms with van der Waals surface area (Å²) >= 11 is 0. The Labute approximate surface area is 260 Å². The number of ether oxygens (including phenoxy) is 2. The zero-order valence-corrected chi connectivity index (χ0v) is 26.6. The lowest BCUT2D eigenvalue weighted by molar-refractivity contribution is -0.143. The van der Waals surface area contributed by atoms with Gasteiger partial charge in [-0.15, -0.1) is 0 Å². The summed E-state index contributed by atoms with van der Waals surface area (Å²) in [5.74, 6) is -1.99. The molecule has 4 N–H and O–H groups in total. The van der Waals surface area contributed by atoms with Crippen LogP contribution in [0, 0.1) is 11.8 Å². The normalized spacial score (nSPS) is 19.2. The first kappa shape index (κ1) is 34.8. The predicted molar refractivity (Wildman–Crippen MR) is 164 cm³/mol. The number of nitrogens with one attached hydrogen (secondary N) is 4. The molecule has 12 nitrogen and oxygen atoms in total. The number of hydrazine groups is 1. The van der Waals surface area contributed by atoms with Crippen LogP contribution in [0.2, 0.25) is 0 Å². The smallest absolute Gasteiger partial charge is 0.408 e. The molecule has 0 spiro atoms. The van der Waals surface area contributed by atoms with Crippen molar-refractivity contribution >= 4 is 29.7 Å². The molecule has 12 heteroatoms. The van der Waals surface area contributed by atoms with E-state index < -0.39 is 53.5 Å². The predicted octanol–water partition coefficient (Wildman–Crippen LogP) is 2.96. The van der Waals surface area contributed by atoms with Gasteiger partial charge in [-0.3, -0.25) is 29.6 Å². The minimum atomic E-state index is -1.18. The second-order valence-corrected chi connectivity index (χ2v) is 12.8. The molecule has 1 aliphatic heterocycles. The van der Waals surface area contributed by atoms with Gasteiger partial charge in [-0.2, -0.15) is 0 Å². The lowest BCUT2D eigenvalue weighted by Gasteiger charge is -2.33. The van der Waals surface area contributed by atoms with Gasteiger partial charge >= 0.3 is 6.09 Å². The Morgan fingerprint density at radius 2 is 1.68 bits per heavy atom. The van der Waals surface area contributed by atoms with Gasteiger partial charge in [0.2, 0.25) is 17.7 Å². The minimum Gasteiger partial charge on any atom is -0.445 e. The summed E-state index contributed by atoms with van der Waals surface area (Å²) in [6.45, 7) is 9.07. The molecule has 244 valence electrons. The van der Waals surface area contributed by atoms with Gasteiger partial charge in [0.05, 0.1) is 24.2 Å². The van der Waals surface area contributed by atoms with E-state index in [2.05, 4.69) is 21.4 Å². The highest BCUT2D eigenvalue weighted by atomic mass is 16.6. The van der Waals surface area contributed by atoms with Gasteiger partial charge in [0.25, 0.3) is 5.91 Å². The van der Waals surface area contributed by atoms with Crippen molar-refractivity contribution in [3.05, 3.63) is 35.9 Å². The number of hydrogen-bond acceptors (Lipinski definition) is 7. The first-order valence-electron chi connectivity index (χ1n) is 15.6. The van der Waals surface area contributed by atoms with Crippen molar-refractivity contribution in [2.45, 2.75) is 110 Å². The molecule has 1 aromatic carbocycles. The molecule has 4 atom stereocenters. The maximum atomic E-state index is 13.8. The average Bonchev–Trinajstić information content (AvgIpc) is 3.37. The van der Waals surface area contributed by atoms with E-state index in [0.29, 0.717) is 19.4 Å². The van der Waals surface area contributed by atoms with Gasteiger partial charge in [-0.25, -0.2) is 4.79 Å². The van der Waals surface area contributed by atoms with Crippen molar-refractivity contribution in [2.75, 3.05) is 13.1 Å². The molecule has 2 fully saturated rings. The summed E-state index contributed by atoms with van der Waals surface area (Å²) in [4.78, 5) is 64.9. The van der Waals surface area contributed by atoms with E-state index >= 15 is 0 Å². The van der Waals surface area contributed by atoms with Crippen molar-refractivity contribution in [1.82, 2.24) is 26.4 Å². The van der Waals surface area contributed by atoms with E-state index in [1.807, 2.05) is 51.1 Å². The third kappa shape index (κ3) is 11.4. The summed E-state index contributed by atoms with van der Waals surface area (Å²) < 4.78 is 11.4. The van der Waals surface area contributed by atoms with Crippen LogP contribution in [0.3, 0.4) is 0 Å². The molecule has 0 unspecified atom stereocenters. The van der Waals surface area contributed by atoms with Crippen molar-refractivity contribution in [2.24, 2.45) is 11.8 Å². The highest BCUT2D eigenvalue weighted by molar-refractivity contribution is 5.92. The lowest BCUT2D eigenvalue weighted by atomic mass is 9.84. The van der Waals surface area contributed by atoms with Crippen LogP contribution in [-0.4, -0.2) is 71.6 Å². The van der Waals surface area contributed by atoms with Crippen LogP contribution in [0.25, 0.3) is 0 Å². The molecule has 5 amide bonds. The fraction of sp³-hybridized carbons (Fsp3) is 0.656. The summed E-state index contributed by atoms with van der Waals surface area (Å²) in [7, 11) is 0. The Bertz CT molecular complexity index is 1130. The molecule has 1 aliphatic carbocycles. The van der Waals surface area contributed by atoms with Gasteiger partial charge in [0.15, 0.2) is 0 Å². The summed E-state index contributed by atoms with van der Waals surface area (Å²) in [6.07, 6.45) is 4.41. The molecule has 1 saturated carbocycles. The molecule has 0 radical (unpaired) electrons. The van der Waals surface area contributed by atoms with Crippen molar-refractivity contribution in [1.29, 1.82) is 0 Å². The topological polar surface area (TPSA) is 155 Å². The van der Waals surface area contributed by atoms with Gasteiger partial charge in [0, 0.05) is 13.5 Å². The first-order chi connectivity index (χ1) is 20.8. The quantitative estimate of drug-likeness (QED) is 0.264. The maximum Gasteiger partial charge on any atom is 0.408 e. The van der Waals surface area contributed by atoms with Crippen LogP contribution >= 0.6 is 0 Å². The molecular formula is C32H49N5O7. The van der Waals surface area contributed by atoms with Gasteiger partial charge in [0.1, 0.15) is 18.7 Å². The Morgan fingerprint density at radius 3 is 2.27 bits per heavy atom. The third-order valence-corrected chi connectivity index (χ3v) is 7.90. The number of carbonyl (C=O) groups excluding carboxylic acids is 5. The molecule has 1 saturated heterocycles. The number of alkyl carbamates (subject to hydrolysis) is 1. The molecular weight excluding hydrogens is 566 g/mol. The molecule has 1 heterocycles. The molecule has 44 heavy (non-hydrogen) atoms. The zero-order valence-electron chi connectivity index (χ0n) is 26.6. The third-order valence-electron chi connectivity index (χ3n) is 7.90. The Morgan fingerprint density at radius 1 is 1.00 bits per heavy atom. The minimum absolute atomic E-state index is 0.0160. The average molecular weight is 616 g/mol. The van der Waals surface area contributed by atoms with Crippen LogP contribution in [0.5, 0.6) is 0 Å². The van der Waals surface area contributed by atoms with Crippen LogP contribution < -0.4 is 21.4 Å². The monoisotopic (exact) mass is 615 g/mol. The van der Waals surface area contributed by atoms with Crippen LogP contribution in [-0.2, 0) is 35.3 Å². The van der Waals surface area contributed by atoms with E-state index in [9.17, 15) is 24.0 Å². The molecule has 0 aromatic heterocycles. The van der Waals surface area contributed by atoms with Crippen molar-refractivity contribution in [3.8, 4) is 0 Å². The number of hydrogen-bond donors (Lipinski definition) is 4. The molecule has 2 aliphatic rings. The van der Waals surface area contributed by atoms with Crippen LogP contribution in [0.4, 0.5) is 4.79 Å². The Hall–Kier alpha value is -3.67. The number of nitrogens with zero attached hydrogens (tertiary/aromatic N) is 1. The van der Waals surface area contributed by atoms with E-state index in [4.69, 9.17) is 9.47 Å². The standard InChI is InChI=1S/C32H49N5O7/c1-21(44-32(3,4)5)27(35-31(42)43-20-24-14-10-7-11-15-24)30(41)34-26(18-23-12-8-6-9-13-23)29(40)36-37(22(2)38)19-25-16-17-33-28(25)39/h7,10-11,14-15,21,23,25-27H,6,8-9,12-13,16-20H2,1-5H3,(H,33,39)(H,34,41)(H,35,42)(H,36,40)/t21-,25+,26+,27+/m1/s1. The number of rotatable bonds is 12. The molecule has 3 rings (SSSR count). The van der Waals surface area contributed by atoms with E-state index in [1.165, 1.54) is 6.92 Å². The second-order valence-electron chi connectivity index (χ2n) is 12.8.